The molecule has 1 fully saturated rings. The Morgan fingerprint density at radius 3 is 2.85 bits per heavy atom. The van der Waals surface area contributed by atoms with Crippen molar-refractivity contribution < 1.29 is 14.2 Å². The number of nitrogens with two attached hydrogens (primary N) is 1. The molecule has 0 spiro atoms. The lowest BCUT2D eigenvalue weighted by Crippen LogP contribution is -2.25. The maximum atomic E-state index is 6.25. The summed E-state index contributed by atoms with van der Waals surface area (Å²) in [5.41, 5.74) is 8.70. The molecule has 0 aliphatic carbocycles. The van der Waals surface area contributed by atoms with Crippen LogP contribution in [0.1, 0.15) is 26.6 Å². The van der Waals surface area contributed by atoms with Crippen LogP contribution >= 0.6 is 15.9 Å². The minimum absolute atomic E-state index is 0.0747. The number of benzene rings is 1. The van der Waals surface area contributed by atoms with Gasteiger partial charge in [0.25, 0.3) is 0 Å². The Morgan fingerprint density at radius 1 is 1.33 bits per heavy atom. The van der Waals surface area contributed by atoms with Crippen LogP contribution in [-0.4, -0.2) is 39.6 Å². The molecular weight excluding hydrogens is 412 g/mol. The fraction of sp³-hybridized carbons (Fsp3) is 0.474. The number of halogens is 1. The Balaban J connectivity index is 1.90. The van der Waals surface area contributed by atoms with Crippen molar-refractivity contribution >= 4 is 43.7 Å². The van der Waals surface area contributed by atoms with Gasteiger partial charge < -0.3 is 24.5 Å². The van der Waals surface area contributed by atoms with Crippen molar-refractivity contribution in [2.75, 3.05) is 18.9 Å². The Hall–Kier alpha value is -1.74. The second-order valence-electron chi connectivity index (χ2n) is 7.06. The van der Waals surface area contributed by atoms with Crippen LogP contribution in [0.25, 0.3) is 21.9 Å². The molecule has 4 rings (SSSR count). The van der Waals surface area contributed by atoms with Crippen molar-refractivity contribution in [2.45, 2.75) is 45.8 Å². The van der Waals surface area contributed by atoms with E-state index in [9.17, 15) is 0 Å². The zero-order valence-corrected chi connectivity index (χ0v) is 17.2. The molecule has 0 saturated carbocycles. The molecule has 2 aromatic heterocycles. The summed E-state index contributed by atoms with van der Waals surface area (Å²) in [7, 11) is 0. The number of hydrogen-bond donors (Lipinski definition) is 1. The van der Waals surface area contributed by atoms with Crippen LogP contribution < -0.4 is 5.73 Å². The van der Waals surface area contributed by atoms with E-state index in [4.69, 9.17) is 24.9 Å². The summed E-state index contributed by atoms with van der Waals surface area (Å²) in [5.74, 6) is 0.637. The number of aromatic nitrogens is 3. The summed E-state index contributed by atoms with van der Waals surface area (Å²) in [6.45, 7) is 7.96. The SMILES string of the molecule is CCOCc1nc2c(N)nc3c(Br)cccc3c2n1CC1COC(C)(C)O1. The van der Waals surface area contributed by atoms with Gasteiger partial charge in [-0.25, -0.2) is 9.97 Å². The highest BCUT2D eigenvalue weighted by atomic mass is 79.9. The number of rotatable bonds is 5. The molecule has 144 valence electrons. The minimum Gasteiger partial charge on any atom is -0.382 e. The molecule has 1 unspecified atom stereocenters. The molecule has 7 nitrogen and oxygen atoms in total. The van der Waals surface area contributed by atoms with E-state index in [1.165, 1.54) is 0 Å². The highest BCUT2D eigenvalue weighted by Crippen LogP contribution is 2.33. The first kappa shape index (κ1) is 18.6. The summed E-state index contributed by atoms with van der Waals surface area (Å²) in [4.78, 5) is 9.30. The Labute approximate surface area is 165 Å². The third-order valence-electron chi connectivity index (χ3n) is 4.65. The molecule has 2 N–H and O–H groups in total. The number of hydrogen-bond acceptors (Lipinski definition) is 6. The molecule has 1 aliphatic rings. The third kappa shape index (κ3) is 3.42. The molecule has 0 amide bonds. The summed E-state index contributed by atoms with van der Waals surface area (Å²) < 4.78 is 20.4. The number of anilines is 1. The van der Waals surface area contributed by atoms with Gasteiger partial charge in [-0.3, -0.25) is 0 Å². The molecule has 0 bridgehead atoms. The topological polar surface area (TPSA) is 84.4 Å². The molecule has 3 heterocycles. The predicted octanol–water partition coefficient (Wildman–Crippen LogP) is 3.62. The van der Waals surface area contributed by atoms with Gasteiger partial charge in [-0.15, -0.1) is 0 Å². The van der Waals surface area contributed by atoms with Gasteiger partial charge in [0.1, 0.15) is 24.1 Å². The molecule has 1 aromatic carbocycles. The van der Waals surface area contributed by atoms with Crippen molar-refractivity contribution in [3.63, 3.8) is 0 Å². The fourth-order valence-electron chi connectivity index (χ4n) is 3.50. The van der Waals surface area contributed by atoms with Gasteiger partial charge in [0, 0.05) is 16.5 Å². The van der Waals surface area contributed by atoms with E-state index >= 15 is 0 Å². The van der Waals surface area contributed by atoms with Gasteiger partial charge in [-0.1, -0.05) is 12.1 Å². The molecule has 8 heteroatoms. The normalized spacial score (nSPS) is 19.3. The van der Waals surface area contributed by atoms with Crippen molar-refractivity contribution in [1.82, 2.24) is 14.5 Å². The van der Waals surface area contributed by atoms with Gasteiger partial charge in [-0.05, 0) is 42.8 Å². The standard InChI is InChI=1S/C19H23BrN4O3/c1-4-25-10-14-22-16-17(24(14)8-11-9-26-19(2,3)27-11)12-6-5-7-13(20)15(12)23-18(16)21/h5-7,11H,4,8-10H2,1-3H3,(H2,21,23). The van der Waals surface area contributed by atoms with Crippen LogP contribution in [0.4, 0.5) is 5.82 Å². The Morgan fingerprint density at radius 2 is 2.15 bits per heavy atom. The van der Waals surface area contributed by atoms with E-state index in [1.807, 2.05) is 39.0 Å². The van der Waals surface area contributed by atoms with Crippen molar-refractivity contribution in [3.8, 4) is 0 Å². The van der Waals surface area contributed by atoms with Crippen molar-refractivity contribution in [2.24, 2.45) is 0 Å². The first-order valence-electron chi connectivity index (χ1n) is 9.02. The van der Waals surface area contributed by atoms with Crippen LogP contribution in [0.3, 0.4) is 0 Å². The molecule has 0 radical (unpaired) electrons. The second-order valence-corrected chi connectivity index (χ2v) is 7.91. The van der Waals surface area contributed by atoms with E-state index < -0.39 is 5.79 Å². The lowest BCUT2D eigenvalue weighted by atomic mass is 10.2. The summed E-state index contributed by atoms with van der Waals surface area (Å²) in [6, 6.07) is 5.98. The molecule has 1 saturated heterocycles. The monoisotopic (exact) mass is 434 g/mol. The van der Waals surface area contributed by atoms with Crippen LogP contribution in [0, 0.1) is 0 Å². The van der Waals surface area contributed by atoms with Crippen LogP contribution in [0.2, 0.25) is 0 Å². The summed E-state index contributed by atoms with van der Waals surface area (Å²) >= 11 is 3.58. The van der Waals surface area contributed by atoms with Crippen molar-refractivity contribution in [3.05, 3.63) is 28.5 Å². The molecule has 1 atom stereocenters. The average Bonchev–Trinajstić information content (AvgIpc) is 3.15. The highest BCUT2D eigenvalue weighted by Gasteiger charge is 2.33. The Bertz CT molecular complexity index is 1000. The second kappa shape index (κ2) is 7.01. The van der Waals surface area contributed by atoms with Gasteiger partial charge in [0.2, 0.25) is 0 Å². The summed E-state index contributed by atoms with van der Waals surface area (Å²) in [6.07, 6.45) is -0.0747. The maximum absolute atomic E-state index is 6.25. The number of imidazole rings is 1. The average molecular weight is 435 g/mol. The Kier molecular flexibility index (Phi) is 4.84. The zero-order valence-electron chi connectivity index (χ0n) is 15.7. The first-order valence-corrected chi connectivity index (χ1v) is 9.81. The van der Waals surface area contributed by atoms with Crippen LogP contribution in [0.5, 0.6) is 0 Å². The number of para-hydroxylation sites is 1. The molecule has 1 aliphatic heterocycles. The summed E-state index contributed by atoms with van der Waals surface area (Å²) in [5, 5.41) is 0.988. The molecule has 3 aromatic rings. The van der Waals surface area contributed by atoms with E-state index in [0.717, 1.165) is 26.7 Å². The van der Waals surface area contributed by atoms with E-state index in [-0.39, 0.29) is 6.10 Å². The first-order chi connectivity index (χ1) is 12.9. The van der Waals surface area contributed by atoms with Gasteiger partial charge >= 0.3 is 0 Å². The van der Waals surface area contributed by atoms with Crippen molar-refractivity contribution in [1.29, 1.82) is 0 Å². The number of ether oxygens (including phenoxy) is 3. The zero-order chi connectivity index (χ0) is 19.2. The number of nitrogens with zero attached hydrogens (tertiary/aromatic N) is 3. The van der Waals surface area contributed by atoms with Gasteiger partial charge in [0.05, 0.1) is 24.2 Å². The smallest absolute Gasteiger partial charge is 0.163 e. The van der Waals surface area contributed by atoms with Crippen LogP contribution in [0.15, 0.2) is 22.7 Å². The number of pyridine rings is 1. The fourth-order valence-corrected chi connectivity index (χ4v) is 3.96. The maximum Gasteiger partial charge on any atom is 0.163 e. The predicted molar refractivity (Wildman–Crippen MR) is 107 cm³/mol. The van der Waals surface area contributed by atoms with Crippen LogP contribution in [-0.2, 0) is 27.4 Å². The minimum atomic E-state index is -0.577. The number of nitrogen functional groups attached to an aromatic ring is 1. The third-order valence-corrected chi connectivity index (χ3v) is 5.29. The largest absolute Gasteiger partial charge is 0.382 e. The van der Waals surface area contributed by atoms with E-state index in [2.05, 4.69) is 25.5 Å². The quantitative estimate of drug-likeness (QED) is 0.659. The van der Waals surface area contributed by atoms with Gasteiger partial charge in [-0.2, -0.15) is 0 Å². The van der Waals surface area contributed by atoms with E-state index in [0.29, 0.717) is 37.7 Å². The lowest BCUT2D eigenvalue weighted by molar-refractivity contribution is -0.139. The number of fused-ring (bicyclic) bond motifs is 3. The van der Waals surface area contributed by atoms with Gasteiger partial charge in [0.15, 0.2) is 11.6 Å². The molecule has 27 heavy (non-hydrogen) atoms. The molecular formula is C19H23BrN4O3. The lowest BCUT2D eigenvalue weighted by Gasteiger charge is -2.18. The highest BCUT2D eigenvalue weighted by molar-refractivity contribution is 9.10. The van der Waals surface area contributed by atoms with E-state index in [1.54, 1.807) is 0 Å².